The Kier molecular flexibility index (Phi) is 5.30. The van der Waals surface area contributed by atoms with Gasteiger partial charge < -0.3 is 10.2 Å². The van der Waals surface area contributed by atoms with E-state index in [1.54, 1.807) is 0 Å². The predicted octanol–water partition coefficient (Wildman–Crippen LogP) is -0.0281. The lowest BCUT2D eigenvalue weighted by Crippen LogP contribution is -2.56. The zero-order valence-electron chi connectivity index (χ0n) is 12.3. The largest absolute Gasteiger partial charge is 0.395 e. The molecule has 1 fully saturated rings. The smallest absolute Gasteiger partial charge is 0.241 e. The van der Waals surface area contributed by atoms with E-state index in [1.807, 2.05) is 30.3 Å². The maximum absolute atomic E-state index is 12.5. The molecule has 0 spiro atoms. The number of β-amino-alcohol motifs (C(OH)–C–C–N with tert-alkyl or cyclic N) is 2. The van der Waals surface area contributed by atoms with Gasteiger partial charge in [-0.3, -0.25) is 19.4 Å². The molecule has 2 amide bonds. The summed E-state index contributed by atoms with van der Waals surface area (Å²) in [5.41, 5.74) is 0.884. The highest BCUT2D eigenvalue weighted by Crippen LogP contribution is 2.25. The van der Waals surface area contributed by atoms with Crippen molar-refractivity contribution in [2.75, 3.05) is 26.3 Å². The maximum Gasteiger partial charge on any atom is 0.241 e. The molecule has 1 aliphatic heterocycles. The van der Waals surface area contributed by atoms with E-state index in [4.69, 9.17) is 10.2 Å². The molecule has 0 atom stereocenters. The highest BCUT2D eigenvalue weighted by Gasteiger charge is 2.41. The van der Waals surface area contributed by atoms with Crippen LogP contribution < -0.4 is 0 Å². The van der Waals surface area contributed by atoms with Crippen LogP contribution in [0.15, 0.2) is 42.7 Å². The number of benzene rings is 1. The Morgan fingerprint density at radius 3 is 1.91 bits per heavy atom. The lowest BCUT2D eigenvalue weighted by Gasteiger charge is -2.40. The van der Waals surface area contributed by atoms with E-state index in [1.165, 1.54) is 9.80 Å². The van der Waals surface area contributed by atoms with Gasteiger partial charge in [-0.05, 0) is 12.0 Å². The fourth-order valence-electron chi connectivity index (χ4n) is 2.58. The summed E-state index contributed by atoms with van der Waals surface area (Å²) in [7, 11) is 0. The Hall–Kier alpha value is -2.18. The van der Waals surface area contributed by atoms with Gasteiger partial charge in [0.15, 0.2) is 0 Å². The molecule has 22 heavy (non-hydrogen) atoms. The number of aliphatic hydroxyl groups is 2. The van der Waals surface area contributed by atoms with Crippen LogP contribution in [0.5, 0.6) is 0 Å². The fourth-order valence-corrected chi connectivity index (χ4v) is 2.58. The average molecular weight is 304 g/mol. The molecule has 2 rings (SSSR count). The van der Waals surface area contributed by atoms with Crippen LogP contribution in [0, 0.1) is 5.92 Å². The number of hydrogen-bond acceptors (Lipinski definition) is 4. The minimum Gasteiger partial charge on any atom is -0.395 e. The Labute approximate surface area is 129 Å². The molecule has 0 bridgehead atoms. The van der Waals surface area contributed by atoms with Gasteiger partial charge in [0.2, 0.25) is 11.8 Å². The van der Waals surface area contributed by atoms with Crippen molar-refractivity contribution < 1.29 is 19.8 Å². The highest BCUT2D eigenvalue weighted by molar-refractivity contribution is 6.04. The zero-order chi connectivity index (χ0) is 16.1. The minimum atomic E-state index is -0.856. The number of carbonyl (C=O) groups is 2. The zero-order valence-corrected chi connectivity index (χ0v) is 12.3. The topological polar surface area (TPSA) is 81.1 Å². The molecule has 1 heterocycles. The van der Waals surface area contributed by atoms with Crippen molar-refractivity contribution in [1.82, 2.24) is 9.80 Å². The van der Waals surface area contributed by atoms with Gasteiger partial charge in [-0.15, -0.1) is 0 Å². The third-order valence-corrected chi connectivity index (χ3v) is 3.68. The summed E-state index contributed by atoms with van der Waals surface area (Å²) in [5.74, 6) is -1.36. The molecule has 0 aliphatic carbocycles. The summed E-state index contributed by atoms with van der Waals surface area (Å²) >= 11 is 0. The van der Waals surface area contributed by atoms with Crippen LogP contribution in [-0.4, -0.2) is 58.1 Å². The quantitative estimate of drug-likeness (QED) is 0.723. The van der Waals surface area contributed by atoms with Gasteiger partial charge in [-0.25, -0.2) is 0 Å². The molecule has 0 saturated carbocycles. The summed E-state index contributed by atoms with van der Waals surface area (Å²) in [6.07, 6.45) is 0.287. The van der Waals surface area contributed by atoms with E-state index in [-0.39, 0.29) is 50.4 Å². The van der Waals surface area contributed by atoms with Crippen molar-refractivity contribution >= 4 is 11.8 Å². The summed E-state index contributed by atoms with van der Waals surface area (Å²) in [5, 5.41) is 18.2. The van der Waals surface area contributed by atoms with Crippen LogP contribution >= 0.6 is 0 Å². The molecule has 6 nitrogen and oxygen atoms in total. The van der Waals surface area contributed by atoms with Crippen LogP contribution in [0.2, 0.25) is 0 Å². The van der Waals surface area contributed by atoms with Crippen LogP contribution in [0.1, 0.15) is 5.56 Å². The van der Waals surface area contributed by atoms with Gasteiger partial charge in [-0.1, -0.05) is 36.9 Å². The third-order valence-electron chi connectivity index (χ3n) is 3.68. The molecular weight excluding hydrogens is 284 g/mol. The minimum absolute atomic E-state index is 0.0815. The van der Waals surface area contributed by atoms with Crippen molar-refractivity contribution in [2.24, 2.45) is 5.92 Å². The van der Waals surface area contributed by atoms with Crippen molar-refractivity contribution in [2.45, 2.75) is 6.42 Å². The summed E-state index contributed by atoms with van der Waals surface area (Å²) in [6.45, 7) is 3.47. The highest BCUT2D eigenvalue weighted by atomic mass is 16.3. The lowest BCUT2D eigenvalue weighted by molar-refractivity contribution is -0.153. The molecule has 0 unspecified atom stereocenters. The molecule has 1 aliphatic rings. The van der Waals surface area contributed by atoms with Crippen molar-refractivity contribution in [3.63, 3.8) is 0 Å². The summed E-state index contributed by atoms with van der Waals surface area (Å²) in [6, 6.07) is 9.28. The number of nitrogens with zero attached hydrogens (tertiary/aromatic N) is 2. The van der Waals surface area contributed by atoms with Gasteiger partial charge in [0.1, 0.15) is 11.7 Å². The third kappa shape index (κ3) is 3.18. The molecule has 0 aromatic heterocycles. The first kappa shape index (κ1) is 16.2. The van der Waals surface area contributed by atoms with E-state index in [0.717, 1.165) is 5.56 Å². The Bertz CT molecular complexity index is 531. The molecule has 2 N–H and O–H groups in total. The van der Waals surface area contributed by atoms with Crippen LogP contribution in [0.25, 0.3) is 0 Å². The number of carbonyl (C=O) groups excluding carboxylic acids is 2. The SMILES string of the molecule is C=C1N(CCO)C(=O)C(Cc2ccccc2)C(=O)N1CCO. The second-order valence-electron chi connectivity index (χ2n) is 5.09. The monoisotopic (exact) mass is 304 g/mol. The van der Waals surface area contributed by atoms with Gasteiger partial charge in [-0.2, -0.15) is 0 Å². The Morgan fingerprint density at radius 1 is 0.955 bits per heavy atom. The van der Waals surface area contributed by atoms with Crippen LogP contribution in [0.4, 0.5) is 0 Å². The molecule has 6 heteroatoms. The van der Waals surface area contributed by atoms with Crippen molar-refractivity contribution in [3.8, 4) is 0 Å². The first-order chi connectivity index (χ1) is 10.6. The summed E-state index contributed by atoms with van der Waals surface area (Å²) in [4.78, 5) is 27.7. The normalized spacial score (nSPS) is 16.5. The van der Waals surface area contributed by atoms with Crippen LogP contribution in [-0.2, 0) is 16.0 Å². The molecular formula is C16H20N2O4. The van der Waals surface area contributed by atoms with E-state index in [9.17, 15) is 9.59 Å². The number of rotatable bonds is 6. The lowest BCUT2D eigenvalue weighted by atomic mass is 9.94. The summed E-state index contributed by atoms with van der Waals surface area (Å²) < 4.78 is 0. The van der Waals surface area contributed by atoms with E-state index < -0.39 is 5.92 Å². The maximum atomic E-state index is 12.5. The van der Waals surface area contributed by atoms with Crippen LogP contribution in [0.3, 0.4) is 0 Å². The second-order valence-corrected chi connectivity index (χ2v) is 5.09. The first-order valence-corrected chi connectivity index (χ1v) is 7.17. The molecule has 1 saturated heterocycles. The van der Waals surface area contributed by atoms with Gasteiger partial charge >= 0.3 is 0 Å². The van der Waals surface area contributed by atoms with E-state index >= 15 is 0 Å². The Balaban J connectivity index is 2.27. The van der Waals surface area contributed by atoms with Gasteiger partial charge in [0.05, 0.1) is 26.3 Å². The number of aliphatic hydroxyl groups excluding tert-OH is 2. The van der Waals surface area contributed by atoms with E-state index in [0.29, 0.717) is 0 Å². The predicted molar refractivity (Wildman–Crippen MR) is 80.4 cm³/mol. The second kappa shape index (κ2) is 7.20. The van der Waals surface area contributed by atoms with Crippen molar-refractivity contribution in [1.29, 1.82) is 0 Å². The standard InChI is InChI=1S/C16H20N2O4/c1-12-17(7-9-19)15(21)14(16(22)18(12)8-10-20)11-13-5-3-2-4-6-13/h2-6,14,19-20H,1,7-11H2. The van der Waals surface area contributed by atoms with E-state index in [2.05, 4.69) is 6.58 Å². The number of hydrogen-bond donors (Lipinski definition) is 2. The first-order valence-electron chi connectivity index (χ1n) is 7.17. The molecule has 1 aromatic rings. The molecule has 1 aromatic carbocycles. The molecule has 0 radical (unpaired) electrons. The Morgan fingerprint density at radius 2 is 1.45 bits per heavy atom. The average Bonchev–Trinajstić information content (AvgIpc) is 2.53. The van der Waals surface area contributed by atoms with Gasteiger partial charge in [0, 0.05) is 0 Å². The number of amides is 2. The van der Waals surface area contributed by atoms with Gasteiger partial charge in [0.25, 0.3) is 0 Å². The molecule has 118 valence electrons. The fraction of sp³-hybridized carbons (Fsp3) is 0.375. The van der Waals surface area contributed by atoms with Crippen molar-refractivity contribution in [3.05, 3.63) is 48.3 Å².